The minimum Gasteiger partial charge on any atom is -0.255 e. The summed E-state index contributed by atoms with van der Waals surface area (Å²) in [6.45, 7) is 0. The fourth-order valence-electron chi connectivity index (χ4n) is 1.71. The highest BCUT2D eigenvalue weighted by Gasteiger charge is 2.37. The monoisotopic (exact) mass is 380 g/mol. The molecule has 3 N–H and O–H groups in total. The highest BCUT2D eigenvalue weighted by molar-refractivity contribution is 7.89. The molecule has 2 unspecified atom stereocenters. The quantitative estimate of drug-likeness (QED) is 0.474. The SMILES string of the molecule is O=[P+](O)OC(NS(=O)(=O)c1cccc2cccnc12)O[P+](=O)O. The first-order valence-electron chi connectivity index (χ1n) is 5.81. The molecule has 0 aliphatic rings. The van der Waals surface area contributed by atoms with Crippen molar-refractivity contribution in [3.63, 3.8) is 0 Å². The van der Waals surface area contributed by atoms with Gasteiger partial charge >= 0.3 is 22.9 Å². The lowest BCUT2D eigenvalue weighted by Gasteiger charge is -2.09. The number of benzene rings is 1. The van der Waals surface area contributed by atoms with E-state index in [9.17, 15) is 17.5 Å². The van der Waals surface area contributed by atoms with Gasteiger partial charge in [-0.15, -0.1) is 9.79 Å². The molecule has 0 aliphatic carbocycles. The molecule has 0 bridgehead atoms. The van der Waals surface area contributed by atoms with Crippen LogP contribution in [0.5, 0.6) is 0 Å². The van der Waals surface area contributed by atoms with Gasteiger partial charge in [-0.1, -0.05) is 27.2 Å². The summed E-state index contributed by atoms with van der Waals surface area (Å²) in [7, 11) is -10.9. The van der Waals surface area contributed by atoms with Gasteiger partial charge in [-0.25, -0.2) is 8.42 Å². The lowest BCUT2D eigenvalue weighted by atomic mass is 10.2. The van der Waals surface area contributed by atoms with E-state index in [2.05, 4.69) is 14.0 Å². The molecule has 0 amide bonds. The molecule has 2 rings (SSSR count). The van der Waals surface area contributed by atoms with E-state index in [1.807, 2.05) is 0 Å². The zero-order valence-corrected chi connectivity index (χ0v) is 13.7. The highest BCUT2D eigenvalue weighted by Crippen LogP contribution is 2.27. The maximum Gasteiger partial charge on any atom is 0.699 e. The molecule has 0 aliphatic heterocycles. The molecule has 0 spiro atoms. The standard InChI is InChI=1S/C10H8N2O8P2S/c13-21(14)19-10(20-22(15)16)12-23(17,18)8-5-1-3-7-4-2-6-11-9(7)8/h1-6,10,12H/p+2. The Labute approximate surface area is 132 Å². The summed E-state index contributed by atoms with van der Waals surface area (Å²) in [4.78, 5) is 21.0. The Balaban J connectivity index is 2.39. The first-order chi connectivity index (χ1) is 10.8. The molecule has 0 saturated carbocycles. The van der Waals surface area contributed by atoms with E-state index in [1.54, 1.807) is 22.9 Å². The Morgan fingerprint density at radius 3 is 2.30 bits per heavy atom. The molecule has 0 saturated heterocycles. The van der Waals surface area contributed by atoms with Crippen LogP contribution >= 0.6 is 16.5 Å². The van der Waals surface area contributed by atoms with Crippen LogP contribution in [0.1, 0.15) is 0 Å². The fraction of sp³-hybridized carbons (Fsp3) is 0.100. The van der Waals surface area contributed by atoms with Crippen molar-refractivity contribution in [1.29, 1.82) is 0 Å². The molecule has 13 heteroatoms. The van der Waals surface area contributed by atoms with Crippen LogP contribution in [0.4, 0.5) is 0 Å². The van der Waals surface area contributed by atoms with Gasteiger partial charge in [-0.3, -0.25) is 4.98 Å². The molecule has 2 aromatic rings. The molecule has 1 aromatic heterocycles. The van der Waals surface area contributed by atoms with Crippen LogP contribution in [0, 0.1) is 0 Å². The predicted octanol–water partition coefficient (Wildman–Crippen LogP) is 1.13. The topological polar surface area (TPSA) is 152 Å². The normalized spacial score (nSPS) is 14.5. The lowest BCUT2D eigenvalue weighted by Crippen LogP contribution is -2.36. The lowest BCUT2D eigenvalue weighted by molar-refractivity contribution is -0.00568. The van der Waals surface area contributed by atoms with Crippen LogP contribution < -0.4 is 4.72 Å². The fourth-order valence-corrected chi connectivity index (χ4v) is 3.60. The number of sulfonamides is 1. The smallest absolute Gasteiger partial charge is 0.255 e. The van der Waals surface area contributed by atoms with Gasteiger partial charge in [0, 0.05) is 20.7 Å². The van der Waals surface area contributed by atoms with E-state index in [0.29, 0.717) is 5.39 Å². The van der Waals surface area contributed by atoms with Crippen molar-refractivity contribution in [2.45, 2.75) is 11.3 Å². The Hall–Kier alpha value is -1.42. The Morgan fingerprint density at radius 2 is 1.70 bits per heavy atom. The van der Waals surface area contributed by atoms with Crippen LogP contribution in [0.3, 0.4) is 0 Å². The summed E-state index contributed by atoms with van der Waals surface area (Å²) in [6.07, 6.45) is -0.734. The molecular weight excluding hydrogens is 370 g/mol. The molecule has 0 radical (unpaired) electrons. The van der Waals surface area contributed by atoms with Gasteiger partial charge in [-0.05, 0) is 12.1 Å². The predicted molar refractivity (Wildman–Crippen MR) is 77.7 cm³/mol. The minimum atomic E-state index is -4.32. The van der Waals surface area contributed by atoms with Crippen molar-refractivity contribution in [3.8, 4) is 0 Å². The zero-order chi connectivity index (χ0) is 17.0. The number of rotatable bonds is 7. The van der Waals surface area contributed by atoms with Gasteiger partial charge in [0.25, 0.3) is 0 Å². The van der Waals surface area contributed by atoms with Gasteiger partial charge in [-0.2, -0.15) is 4.72 Å². The first-order valence-corrected chi connectivity index (χ1v) is 9.56. The second kappa shape index (κ2) is 7.43. The van der Waals surface area contributed by atoms with Gasteiger partial charge in [0.15, 0.2) is 0 Å². The molecule has 0 fully saturated rings. The van der Waals surface area contributed by atoms with E-state index in [0.717, 1.165) is 0 Å². The third-order valence-electron chi connectivity index (χ3n) is 2.51. The Morgan fingerprint density at radius 1 is 1.09 bits per heavy atom. The molecule has 23 heavy (non-hydrogen) atoms. The summed E-state index contributed by atoms with van der Waals surface area (Å²) >= 11 is 0. The van der Waals surface area contributed by atoms with Crippen LogP contribution in [-0.2, 0) is 28.2 Å². The molecular formula is C10H10N2O8P2S+2. The van der Waals surface area contributed by atoms with Crippen LogP contribution in [0.25, 0.3) is 10.9 Å². The summed E-state index contributed by atoms with van der Waals surface area (Å²) in [5, 5.41) is 0.537. The third kappa shape index (κ3) is 4.77. The minimum absolute atomic E-state index is 0.142. The van der Waals surface area contributed by atoms with Crippen LogP contribution in [0.15, 0.2) is 41.4 Å². The van der Waals surface area contributed by atoms with E-state index >= 15 is 0 Å². The van der Waals surface area contributed by atoms with Crippen molar-refractivity contribution in [2.75, 3.05) is 0 Å². The molecule has 1 aromatic carbocycles. The van der Waals surface area contributed by atoms with E-state index < -0.39 is 32.9 Å². The summed E-state index contributed by atoms with van der Waals surface area (Å²) < 4.78 is 56.2. The van der Waals surface area contributed by atoms with Crippen LogP contribution in [-0.4, -0.2) is 29.6 Å². The largest absolute Gasteiger partial charge is 0.699 e. The van der Waals surface area contributed by atoms with E-state index in [1.165, 1.54) is 18.3 Å². The molecule has 1 heterocycles. The van der Waals surface area contributed by atoms with E-state index in [-0.39, 0.29) is 10.4 Å². The third-order valence-corrected chi connectivity index (χ3v) is 4.66. The number of hydrogen-bond acceptors (Lipinski definition) is 7. The number of para-hydroxylation sites is 1. The number of nitrogens with zero attached hydrogens (tertiary/aromatic N) is 1. The summed E-state index contributed by atoms with van der Waals surface area (Å²) in [5.74, 6) is 0. The van der Waals surface area contributed by atoms with E-state index in [4.69, 9.17) is 9.79 Å². The molecule has 2 atom stereocenters. The summed E-state index contributed by atoms with van der Waals surface area (Å²) in [5.41, 5.74) is 0.142. The molecule has 122 valence electrons. The van der Waals surface area contributed by atoms with Gasteiger partial charge < -0.3 is 0 Å². The number of fused-ring (bicyclic) bond motifs is 1. The second-order valence-corrected chi connectivity index (χ2v) is 7.03. The number of hydrogen-bond donors (Lipinski definition) is 3. The summed E-state index contributed by atoms with van der Waals surface area (Å²) in [6, 6.07) is 7.61. The highest BCUT2D eigenvalue weighted by atomic mass is 32.2. The number of pyridine rings is 1. The van der Waals surface area contributed by atoms with Crippen molar-refractivity contribution in [3.05, 3.63) is 36.5 Å². The maximum atomic E-state index is 12.4. The second-order valence-electron chi connectivity index (χ2n) is 3.97. The average Bonchev–Trinajstić information content (AvgIpc) is 2.44. The number of nitrogens with one attached hydrogen (secondary N) is 1. The van der Waals surface area contributed by atoms with Gasteiger partial charge in [0.1, 0.15) is 4.90 Å². The van der Waals surface area contributed by atoms with Crippen molar-refractivity contribution < 1.29 is 36.4 Å². The van der Waals surface area contributed by atoms with Crippen molar-refractivity contribution in [1.82, 2.24) is 9.71 Å². The Bertz CT molecular complexity index is 838. The number of aromatic nitrogens is 1. The zero-order valence-electron chi connectivity index (χ0n) is 11.1. The Kier molecular flexibility index (Phi) is 5.79. The average molecular weight is 380 g/mol. The maximum absolute atomic E-state index is 12.4. The van der Waals surface area contributed by atoms with Crippen LogP contribution in [0.2, 0.25) is 0 Å². The van der Waals surface area contributed by atoms with Gasteiger partial charge in [0.05, 0.1) is 5.52 Å². The molecule has 10 nitrogen and oxygen atoms in total. The van der Waals surface area contributed by atoms with Gasteiger partial charge in [0.2, 0.25) is 10.0 Å². The first kappa shape index (κ1) is 17.9. The van der Waals surface area contributed by atoms with Crippen molar-refractivity contribution >= 4 is 37.4 Å². The van der Waals surface area contributed by atoms with Crippen molar-refractivity contribution in [2.24, 2.45) is 0 Å².